The van der Waals surface area contributed by atoms with Crippen LogP contribution in [0, 0.1) is 0 Å². The first kappa shape index (κ1) is 28.3. The number of rotatable bonds is 5. The number of hydrogen-bond acceptors (Lipinski definition) is 3. The maximum Gasteiger partial charge on any atom is 0.0640 e. The molecule has 0 saturated heterocycles. The molecule has 0 aliphatic carbocycles. The second kappa shape index (κ2) is 11.5. The minimum absolute atomic E-state index is 1.15. The highest BCUT2D eigenvalue weighted by molar-refractivity contribution is 7.27. The number of fused-ring (bicyclic) bond motifs is 7. The third-order valence-electron chi connectivity index (χ3n) is 9.64. The lowest BCUT2D eigenvalue weighted by Crippen LogP contribution is -2.10. The van der Waals surface area contributed by atoms with Gasteiger partial charge in [0.25, 0.3) is 0 Å². The number of thiophene rings is 2. The van der Waals surface area contributed by atoms with E-state index in [9.17, 15) is 0 Å². The quantitative estimate of drug-likeness (QED) is 0.178. The van der Waals surface area contributed by atoms with Crippen molar-refractivity contribution in [3.63, 3.8) is 0 Å². The molecule has 49 heavy (non-hydrogen) atoms. The molecule has 3 heteroatoms. The van der Waals surface area contributed by atoms with Crippen LogP contribution in [0.5, 0.6) is 0 Å². The monoisotopic (exact) mass is 659 g/mol. The largest absolute Gasteiger partial charge is 0.309 e. The third-order valence-corrected chi connectivity index (χ3v) is 12.0. The molecule has 0 spiro atoms. The van der Waals surface area contributed by atoms with E-state index in [0.29, 0.717) is 0 Å². The maximum absolute atomic E-state index is 2.47. The molecule has 2 aromatic heterocycles. The highest BCUT2D eigenvalue weighted by atomic mass is 32.1. The molecular formula is C46H29NS2. The van der Waals surface area contributed by atoms with Crippen molar-refractivity contribution in [1.29, 1.82) is 0 Å². The zero-order valence-corrected chi connectivity index (χ0v) is 28.1. The molecule has 0 saturated carbocycles. The van der Waals surface area contributed by atoms with Gasteiger partial charge in [-0.25, -0.2) is 0 Å². The molecule has 10 aromatic rings. The van der Waals surface area contributed by atoms with Crippen molar-refractivity contribution in [3.8, 4) is 22.3 Å². The number of nitrogens with zero attached hydrogens (tertiary/aromatic N) is 1. The van der Waals surface area contributed by atoms with Gasteiger partial charge in [0.05, 0.1) is 10.4 Å². The SMILES string of the molecule is c1ccc(-c2ccc3cc(N(c4ccc5c(c4)sc4ccccc45)c4cccc5c4sc4c(-c6ccccc6)cccc45)ccc3c2)cc1. The Morgan fingerprint density at radius 1 is 0.347 bits per heavy atom. The average Bonchev–Trinajstić information content (AvgIpc) is 3.74. The zero-order valence-electron chi connectivity index (χ0n) is 26.5. The van der Waals surface area contributed by atoms with Crippen LogP contribution in [0.15, 0.2) is 176 Å². The van der Waals surface area contributed by atoms with Crippen molar-refractivity contribution in [2.45, 2.75) is 0 Å². The summed E-state index contributed by atoms with van der Waals surface area (Å²) in [6.07, 6.45) is 0. The highest BCUT2D eigenvalue weighted by Crippen LogP contribution is 2.48. The second-order valence-electron chi connectivity index (χ2n) is 12.5. The van der Waals surface area contributed by atoms with Gasteiger partial charge in [0.2, 0.25) is 0 Å². The summed E-state index contributed by atoms with van der Waals surface area (Å²) < 4.78 is 5.23. The van der Waals surface area contributed by atoms with E-state index in [4.69, 9.17) is 0 Å². The van der Waals surface area contributed by atoms with E-state index in [1.54, 1.807) is 0 Å². The molecule has 0 atom stereocenters. The summed E-state index contributed by atoms with van der Waals surface area (Å²) in [6, 6.07) is 64.4. The highest BCUT2D eigenvalue weighted by Gasteiger charge is 2.20. The summed E-state index contributed by atoms with van der Waals surface area (Å²) in [4.78, 5) is 2.47. The van der Waals surface area contributed by atoms with E-state index in [-0.39, 0.29) is 0 Å². The molecule has 0 aliphatic heterocycles. The smallest absolute Gasteiger partial charge is 0.0640 e. The van der Waals surface area contributed by atoms with Crippen molar-refractivity contribution in [3.05, 3.63) is 176 Å². The van der Waals surface area contributed by atoms with E-state index in [0.717, 1.165) is 11.4 Å². The Hall–Kier alpha value is -5.74. The Morgan fingerprint density at radius 2 is 0.980 bits per heavy atom. The fraction of sp³-hybridized carbons (Fsp3) is 0. The summed E-state index contributed by atoms with van der Waals surface area (Å²) in [5, 5.41) is 7.67. The summed E-state index contributed by atoms with van der Waals surface area (Å²) in [6.45, 7) is 0. The fourth-order valence-corrected chi connectivity index (χ4v) is 9.77. The van der Waals surface area contributed by atoms with Crippen molar-refractivity contribution < 1.29 is 0 Å². The van der Waals surface area contributed by atoms with Gasteiger partial charge in [-0.1, -0.05) is 133 Å². The van der Waals surface area contributed by atoms with E-state index in [1.807, 2.05) is 22.7 Å². The van der Waals surface area contributed by atoms with E-state index < -0.39 is 0 Å². The molecule has 0 bridgehead atoms. The summed E-state index contributed by atoms with van der Waals surface area (Å²) >= 11 is 3.77. The first-order valence-electron chi connectivity index (χ1n) is 16.6. The van der Waals surface area contributed by atoms with Crippen LogP contribution in [-0.4, -0.2) is 0 Å². The molecule has 0 fully saturated rings. The van der Waals surface area contributed by atoms with Crippen molar-refractivity contribution in [2.75, 3.05) is 4.90 Å². The predicted molar refractivity (Wildman–Crippen MR) is 215 cm³/mol. The van der Waals surface area contributed by atoms with Crippen molar-refractivity contribution in [2.24, 2.45) is 0 Å². The van der Waals surface area contributed by atoms with Crippen molar-refractivity contribution in [1.82, 2.24) is 0 Å². The van der Waals surface area contributed by atoms with Gasteiger partial charge >= 0.3 is 0 Å². The lowest BCUT2D eigenvalue weighted by atomic mass is 10.0. The fourth-order valence-electron chi connectivity index (χ4n) is 7.29. The van der Waals surface area contributed by atoms with Gasteiger partial charge in [0, 0.05) is 47.0 Å². The average molecular weight is 660 g/mol. The second-order valence-corrected chi connectivity index (χ2v) is 14.6. The Balaban J connectivity index is 1.20. The summed E-state index contributed by atoms with van der Waals surface area (Å²) in [5.74, 6) is 0. The normalized spacial score (nSPS) is 11.7. The predicted octanol–water partition coefficient (Wildman–Crippen LogP) is 14.4. The number of benzene rings is 8. The molecule has 0 N–H and O–H groups in total. The molecule has 1 nitrogen and oxygen atoms in total. The Labute approximate surface area is 292 Å². The zero-order chi connectivity index (χ0) is 32.3. The minimum Gasteiger partial charge on any atom is -0.309 e. The van der Waals surface area contributed by atoms with Gasteiger partial charge in [0.1, 0.15) is 0 Å². The minimum atomic E-state index is 1.15. The molecule has 0 radical (unpaired) electrons. The van der Waals surface area contributed by atoms with Crippen molar-refractivity contribution >= 4 is 90.9 Å². The number of hydrogen-bond donors (Lipinski definition) is 0. The lowest BCUT2D eigenvalue weighted by Gasteiger charge is -2.26. The Bertz CT molecular complexity index is 2830. The lowest BCUT2D eigenvalue weighted by molar-refractivity contribution is 1.32. The van der Waals surface area contributed by atoms with Crippen LogP contribution in [0.3, 0.4) is 0 Å². The standard InChI is InChI=1S/C46H29NS2/c1-3-11-30(12-4-1)32-21-22-34-28-35(24-23-33(34)27-32)47(36-25-26-39-38-15-7-8-20-43(38)48-44(39)29-36)42-19-10-18-41-40-17-9-16-37(45(40)49-46(41)42)31-13-5-2-6-14-31/h1-29H. The topological polar surface area (TPSA) is 3.24 Å². The molecular weight excluding hydrogens is 631 g/mol. The molecule has 0 unspecified atom stereocenters. The van der Waals surface area contributed by atoms with Crippen LogP contribution in [-0.2, 0) is 0 Å². The third kappa shape index (κ3) is 4.74. The van der Waals surface area contributed by atoms with Gasteiger partial charge in [0.15, 0.2) is 0 Å². The van der Waals surface area contributed by atoms with Gasteiger partial charge in [-0.05, 0) is 75.5 Å². The van der Waals surface area contributed by atoms with Crippen LogP contribution in [0.4, 0.5) is 17.1 Å². The van der Waals surface area contributed by atoms with Gasteiger partial charge in [-0.2, -0.15) is 0 Å². The van der Waals surface area contributed by atoms with Crippen LogP contribution in [0.25, 0.3) is 73.4 Å². The molecule has 0 amide bonds. The van der Waals surface area contributed by atoms with Gasteiger partial charge in [-0.3, -0.25) is 0 Å². The van der Waals surface area contributed by atoms with Gasteiger partial charge in [-0.15, -0.1) is 22.7 Å². The van der Waals surface area contributed by atoms with Crippen LogP contribution in [0.1, 0.15) is 0 Å². The maximum atomic E-state index is 2.47. The summed E-state index contributed by atoms with van der Waals surface area (Å²) in [7, 11) is 0. The van der Waals surface area contributed by atoms with Crippen LogP contribution < -0.4 is 4.90 Å². The first-order chi connectivity index (χ1) is 24.3. The molecule has 230 valence electrons. The molecule has 8 aromatic carbocycles. The Morgan fingerprint density at radius 3 is 1.84 bits per heavy atom. The van der Waals surface area contributed by atoms with Crippen LogP contribution >= 0.6 is 22.7 Å². The van der Waals surface area contributed by atoms with Gasteiger partial charge < -0.3 is 4.90 Å². The first-order valence-corrected chi connectivity index (χ1v) is 18.2. The van der Waals surface area contributed by atoms with Crippen LogP contribution in [0.2, 0.25) is 0 Å². The van der Waals surface area contributed by atoms with E-state index in [1.165, 1.54) is 79.1 Å². The number of anilines is 3. The van der Waals surface area contributed by atoms with E-state index in [2.05, 4.69) is 181 Å². The summed E-state index contributed by atoms with van der Waals surface area (Å²) in [5.41, 5.74) is 8.50. The van der Waals surface area contributed by atoms with E-state index >= 15 is 0 Å². The molecule has 0 aliphatic rings. The molecule has 2 heterocycles. The molecule has 10 rings (SSSR count). The Kier molecular flexibility index (Phi) is 6.61.